The molecule has 3 aromatic rings. The normalized spacial score (nSPS) is 11.0. The van der Waals surface area contributed by atoms with Crippen LogP contribution in [0.1, 0.15) is 13.8 Å². The molecule has 0 aliphatic rings. The third-order valence-corrected chi connectivity index (χ3v) is 2.84. The second-order valence-corrected chi connectivity index (χ2v) is 4.75. The number of hydrogen-bond acceptors (Lipinski definition) is 6. The third kappa shape index (κ3) is 2.62. The van der Waals surface area contributed by atoms with E-state index in [2.05, 4.69) is 25.3 Å². The fraction of sp³-hybridized carbons (Fsp3) is 0.286. The SMILES string of the molecule is CNc1nc(OC(C)C)nc(-c2cccc3nccn23)n1. The second kappa shape index (κ2) is 5.35. The molecular formula is C14H16N6O. The summed E-state index contributed by atoms with van der Waals surface area (Å²) in [6.07, 6.45) is 3.61. The molecule has 0 atom stereocenters. The average molecular weight is 284 g/mol. The van der Waals surface area contributed by atoms with Gasteiger partial charge in [0, 0.05) is 19.4 Å². The number of nitrogens with one attached hydrogen (secondary N) is 1. The molecule has 0 unspecified atom stereocenters. The standard InChI is InChI=1S/C14H16N6O/c1-9(2)21-14-18-12(17-13(15-3)19-14)10-5-4-6-11-16-7-8-20(10)11/h4-9H,1-3H3,(H,15,17,18,19). The molecule has 21 heavy (non-hydrogen) atoms. The fourth-order valence-electron chi connectivity index (χ4n) is 1.98. The highest BCUT2D eigenvalue weighted by molar-refractivity contribution is 5.57. The van der Waals surface area contributed by atoms with Gasteiger partial charge in [0.2, 0.25) is 5.95 Å². The first-order chi connectivity index (χ1) is 10.2. The van der Waals surface area contributed by atoms with Crippen LogP contribution >= 0.6 is 0 Å². The van der Waals surface area contributed by atoms with Crippen molar-refractivity contribution < 1.29 is 4.74 Å². The summed E-state index contributed by atoms with van der Waals surface area (Å²) < 4.78 is 7.51. The van der Waals surface area contributed by atoms with Crippen LogP contribution in [0.4, 0.5) is 5.95 Å². The Morgan fingerprint density at radius 1 is 1.19 bits per heavy atom. The molecule has 3 aromatic heterocycles. The Labute approximate surface area is 122 Å². The predicted octanol–water partition coefficient (Wildman–Crippen LogP) is 2.02. The Bertz CT molecular complexity index is 767. The Morgan fingerprint density at radius 3 is 2.81 bits per heavy atom. The molecule has 3 rings (SSSR count). The maximum atomic E-state index is 5.59. The van der Waals surface area contributed by atoms with Crippen LogP contribution in [0.25, 0.3) is 17.2 Å². The zero-order valence-corrected chi connectivity index (χ0v) is 12.1. The maximum Gasteiger partial charge on any atom is 0.322 e. The van der Waals surface area contributed by atoms with Gasteiger partial charge in [-0.25, -0.2) is 4.98 Å². The quantitative estimate of drug-likeness (QED) is 0.789. The number of aromatic nitrogens is 5. The fourth-order valence-corrected chi connectivity index (χ4v) is 1.98. The Hall–Kier alpha value is -2.70. The number of fused-ring (bicyclic) bond motifs is 1. The summed E-state index contributed by atoms with van der Waals surface area (Å²) in [5.41, 5.74) is 1.67. The van der Waals surface area contributed by atoms with Gasteiger partial charge in [-0.15, -0.1) is 0 Å². The van der Waals surface area contributed by atoms with Crippen molar-refractivity contribution in [1.29, 1.82) is 0 Å². The number of nitrogens with zero attached hydrogens (tertiary/aromatic N) is 5. The minimum absolute atomic E-state index is 0.00556. The molecule has 7 heteroatoms. The van der Waals surface area contributed by atoms with E-state index in [1.807, 2.05) is 42.6 Å². The predicted molar refractivity (Wildman–Crippen MR) is 79.3 cm³/mol. The van der Waals surface area contributed by atoms with Crippen LogP contribution in [0.15, 0.2) is 30.6 Å². The minimum atomic E-state index is -0.00556. The van der Waals surface area contributed by atoms with E-state index in [0.29, 0.717) is 17.8 Å². The van der Waals surface area contributed by atoms with E-state index in [1.165, 1.54) is 0 Å². The summed E-state index contributed by atoms with van der Waals surface area (Å²) in [6, 6.07) is 6.08. The second-order valence-electron chi connectivity index (χ2n) is 4.75. The minimum Gasteiger partial charge on any atom is -0.461 e. The number of imidazole rings is 1. The molecule has 1 N–H and O–H groups in total. The van der Waals surface area contributed by atoms with Gasteiger partial charge < -0.3 is 10.1 Å². The molecule has 0 fully saturated rings. The molecule has 108 valence electrons. The smallest absolute Gasteiger partial charge is 0.322 e. The van der Waals surface area contributed by atoms with Gasteiger partial charge in [0.05, 0.1) is 11.8 Å². The van der Waals surface area contributed by atoms with E-state index in [0.717, 1.165) is 11.3 Å². The number of hydrogen-bond donors (Lipinski definition) is 1. The van der Waals surface area contributed by atoms with Gasteiger partial charge >= 0.3 is 6.01 Å². The highest BCUT2D eigenvalue weighted by Gasteiger charge is 2.12. The van der Waals surface area contributed by atoms with Crippen molar-refractivity contribution in [3.8, 4) is 17.5 Å². The van der Waals surface area contributed by atoms with Crippen molar-refractivity contribution in [2.45, 2.75) is 20.0 Å². The van der Waals surface area contributed by atoms with E-state index in [-0.39, 0.29) is 6.10 Å². The molecule has 7 nitrogen and oxygen atoms in total. The number of anilines is 1. The number of pyridine rings is 1. The number of rotatable bonds is 4. The zero-order valence-electron chi connectivity index (χ0n) is 12.1. The van der Waals surface area contributed by atoms with Crippen LogP contribution in [0.2, 0.25) is 0 Å². The van der Waals surface area contributed by atoms with Gasteiger partial charge in [0.1, 0.15) is 5.65 Å². The molecule has 3 heterocycles. The third-order valence-electron chi connectivity index (χ3n) is 2.84. The molecule has 0 saturated carbocycles. The van der Waals surface area contributed by atoms with Gasteiger partial charge in [-0.3, -0.25) is 4.40 Å². The van der Waals surface area contributed by atoms with E-state index < -0.39 is 0 Å². The zero-order chi connectivity index (χ0) is 14.8. The van der Waals surface area contributed by atoms with Crippen LogP contribution < -0.4 is 10.1 Å². The van der Waals surface area contributed by atoms with Crippen molar-refractivity contribution in [2.75, 3.05) is 12.4 Å². The van der Waals surface area contributed by atoms with Crippen molar-refractivity contribution >= 4 is 11.6 Å². The lowest BCUT2D eigenvalue weighted by molar-refractivity contribution is 0.222. The highest BCUT2D eigenvalue weighted by atomic mass is 16.5. The molecule has 0 aliphatic carbocycles. The Morgan fingerprint density at radius 2 is 2.05 bits per heavy atom. The summed E-state index contributed by atoms with van der Waals surface area (Å²) in [5.74, 6) is 1.00. The molecule has 0 radical (unpaired) electrons. The largest absolute Gasteiger partial charge is 0.461 e. The van der Waals surface area contributed by atoms with Gasteiger partial charge in [0.25, 0.3) is 0 Å². The topological polar surface area (TPSA) is 77.2 Å². The Kier molecular flexibility index (Phi) is 3.39. The monoisotopic (exact) mass is 284 g/mol. The van der Waals surface area contributed by atoms with Crippen LogP contribution in [0.5, 0.6) is 6.01 Å². The molecular weight excluding hydrogens is 268 g/mol. The molecule has 0 spiro atoms. The lowest BCUT2D eigenvalue weighted by Gasteiger charge is -2.11. The lowest BCUT2D eigenvalue weighted by Crippen LogP contribution is -2.11. The lowest BCUT2D eigenvalue weighted by atomic mass is 10.3. The first-order valence-electron chi connectivity index (χ1n) is 6.70. The summed E-state index contributed by atoms with van der Waals surface area (Å²) >= 11 is 0. The maximum absolute atomic E-state index is 5.59. The van der Waals surface area contributed by atoms with Gasteiger partial charge in [0.15, 0.2) is 5.82 Å². The summed E-state index contributed by atoms with van der Waals surface area (Å²) in [6.45, 7) is 3.86. The van der Waals surface area contributed by atoms with E-state index in [9.17, 15) is 0 Å². The molecule has 0 bridgehead atoms. The van der Waals surface area contributed by atoms with E-state index in [4.69, 9.17) is 4.74 Å². The molecule has 0 amide bonds. The van der Waals surface area contributed by atoms with Crippen LogP contribution in [0.3, 0.4) is 0 Å². The number of ether oxygens (including phenoxy) is 1. The van der Waals surface area contributed by atoms with E-state index >= 15 is 0 Å². The average Bonchev–Trinajstić information content (AvgIpc) is 2.94. The molecule has 0 aliphatic heterocycles. The van der Waals surface area contributed by atoms with Crippen molar-refractivity contribution in [2.24, 2.45) is 0 Å². The van der Waals surface area contributed by atoms with Crippen molar-refractivity contribution in [3.05, 3.63) is 30.6 Å². The van der Waals surface area contributed by atoms with Crippen LogP contribution in [0, 0.1) is 0 Å². The van der Waals surface area contributed by atoms with Gasteiger partial charge in [-0.1, -0.05) is 6.07 Å². The molecule has 0 saturated heterocycles. The summed E-state index contributed by atoms with van der Waals surface area (Å²) in [5, 5.41) is 2.93. The first-order valence-corrected chi connectivity index (χ1v) is 6.70. The van der Waals surface area contributed by atoms with Gasteiger partial charge in [-0.05, 0) is 26.0 Å². The van der Waals surface area contributed by atoms with Crippen molar-refractivity contribution in [1.82, 2.24) is 24.3 Å². The van der Waals surface area contributed by atoms with Crippen LogP contribution in [-0.4, -0.2) is 37.5 Å². The van der Waals surface area contributed by atoms with Gasteiger partial charge in [-0.2, -0.15) is 15.0 Å². The summed E-state index contributed by atoms with van der Waals surface area (Å²) in [7, 11) is 1.76. The highest BCUT2D eigenvalue weighted by Crippen LogP contribution is 2.20. The van der Waals surface area contributed by atoms with E-state index in [1.54, 1.807) is 13.2 Å². The summed E-state index contributed by atoms with van der Waals surface area (Å²) in [4.78, 5) is 17.3. The Balaban J connectivity index is 2.14. The van der Waals surface area contributed by atoms with Crippen molar-refractivity contribution in [3.63, 3.8) is 0 Å². The molecule has 0 aromatic carbocycles. The van der Waals surface area contributed by atoms with Crippen LogP contribution in [-0.2, 0) is 0 Å². The first kappa shape index (κ1) is 13.3.